The summed E-state index contributed by atoms with van der Waals surface area (Å²) in [6.07, 6.45) is 4.05. The first-order chi connectivity index (χ1) is 7.12. The van der Waals surface area contributed by atoms with Crippen LogP contribution in [0.5, 0.6) is 0 Å². The summed E-state index contributed by atoms with van der Waals surface area (Å²) >= 11 is 0. The normalized spacial score (nSPS) is 20.8. The molecule has 0 atom stereocenters. The maximum atomic E-state index is 6.24. The van der Waals surface area contributed by atoms with Crippen LogP contribution < -0.4 is 5.73 Å². The van der Waals surface area contributed by atoms with Crippen LogP contribution >= 0.6 is 0 Å². The number of hydrogen-bond donors (Lipinski definition) is 1. The van der Waals surface area contributed by atoms with Crippen LogP contribution in [-0.4, -0.2) is 32.0 Å². The Hall–Kier alpha value is -0.120. The first-order valence-corrected chi connectivity index (χ1v) is 6.07. The highest BCUT2D eigenvalue weighted by Crippen LogP contribution is 2.21. The summed E-state index contributed by atoms with van der Waals surface area (Å²) in [6.45, 7) is 7.71. The van der Waals surface area contributed by atoms with Crippen LogP contribution in [0.15, 0.2) is 0 Å². The molecule has 0 aromatic heterocycles. The van der Waals surface area contributed by atoms with E-state index in [0.717, 1.165) is 58.0 Å². The molecule has 1 aliphatic heterocycles. The minimum absolute atomic E-state index is 0.0317. The molecule has 0 amide bonds. The van der Waals surface area contributed by atoms with Gasteiger partial charge in [0, 0.05) is 32.0 Å². The molecule has 2 N–H and O–H groups in total. The zero-order valence-corrected chi connectivity index (χ0v) is 10.1. The van der Waals surface area contributed by atoms with Gasteiger partial charge in [0.2, 0.25) is 0 Å². The molecule has 0 saturated carbocycles. The fourth-order valence-corrected chi connectivity index (χ4v) is 1.72. The van der Waals surface area contributed by atoms with E-state index in [1.165, 1.54) is 0 Å². The predicted molar refractivity (Wildman–Crippen MR) is 61.9 cm³/mol. The van der Waals surface area contributed by atoms with E-state index in [1.807, 2.05) is 0 Å². The second-order valence-corrected chi connectivity index (χ2v) is 5.02. The molecule has 0 spiro atoms. The highest BCUT2D eigenvalue weighted by molar-refractivity contribution is 4.85. The molecule has 1 saturated heterocycles. The molecule has 0 bridgehead atoms. The third kappa shape index (κ3) is 5.50. The van der Waals surface area contributed by atoms with Crippen molar-refractivity contribution in [3.05, 3.63) is 0 Å². The Labute approximate surface area is 93.3 Å². The average Bonchev–Trinajstić information content (AvgIpc) is 2.17. The Morgan fingerprint density at radius 3 is 2.53 bits per heavy atom. The van der Waals surface area contributed by atoms with E-state index in [0.29, 0.717) is 0 Å². The number of hydrogen-bond acceptors (Lipinski definition) is 3. The van der Waals surface area contributed by atoms with E-state index in [4.69, 9.17) is 15.2 Å². The molecular weight excluding hydrogens is 190 g/mol. The minimum Gasteiger partial charge on any atom is -0.381 e. The lowest BCUT2D eigenvalue weighted by atomic mass is 9.88. The Morgan fingerprint density at radius 1 is 1.27 bits per heavy atom. The fourth-order valence-electron chi connectivity index (χ4n) is 1.72. The van der Waals surface area contributed by atoms with Crippen LogP contribution in [0.2, 0.25) is 0 Å². The van der Waals surface area contributed by atoms with Crippen LogP contribution in [0.3, 0.4) is 0 Å². The van der Waals surface area contributed by atoms with E-state index in [1.54, 1.807) is 0 Å². The maximum Gasteiger partial charge on any atom is 0.0483 e. The van der Waals surface area contributed by atoms with E-state index >= 15 is 0 Å². The van der Waals surface area contributed by atoms with Gasteiger partial charge in [-0.15, -0.1) is 0 Å². The number of rotatable bonds is 6. The van der Waals surface area contributed by atoms with Crippen molar-refractivity contribution < 1.29 is 9.47 Å². The molecule has 0 aromatic carbocycles. The highest BCUT2D eigenvalue weighted by atomic mass is 16.5. The van der Waals surface area contributed by atoms with Gasteiger partial charge in [-0.3, -0.25) is 0 Å². The monoisotopic (exact) mass is 215 g/mol. The first-order valence-electron chi connectivity index (χ1n) is 6.07. The van der Waals surface area contributed by atoms with Crippen molar-refractivity contribution in [2.45, 2.75) is 45.1 Å². The lowest BCUT2D eigenvalue weighted by Crippen LogP contribution is -2.45. The molecule has 0 unspecified atom stereocenters. The largest absolute Gasteiger partial charge is 0.381 e. The number of nitrogens with two attached hydrogens (primary N) is 1. The fraction of sp³-hybridized carbons (Fsp3) is 1.00. The summed E-state index contributed by atoms with van der Waals surface area (Å²) in [5.74, 6) is 0.722. The molecule has 0 radical (unpaired) electrons. The summed E-state index contributed by atoms with van der Waals surface area (Å²) in [5.41, 5.74) is 6.21. The quantitative estimate of drug-likeness (QED) is 0.689. The van der Waals surface area contributed by atoms with Crippen LogP contribution in [-0.2, 0) is 9.47 Å². The van der Waals surface area contributed by atoms with Crippen LogP contribution in [0.1, 0.15) is 39.5 Å². The van der Waals surface area contributed by atoms with Crippen molar-refractivity contribution in [2.24, 2.45) is 11.7 Å². The Balaban J connectivity index is 2.03. The first kappa shape index (κ1) is 12.9. The van der Waals surface area contributed by atoms with E-state index in [2.05, 4.69) is 13.8 Å². The molecule has 90 valence electrons. The van der Waals surface area contributed by atoms with Gasteiger partial charge in [0.1, 0.15) is 0 Å². The summed E-state index contributed by atoms with van der Waals surface area (Å²) in [5, 5.41) is 0. The third-order valence-corrected chi connectivity index (χ3v) is 3.07. The van der Waals surface area contributed by atoms with Gasteiger partial charge in [-0.05, 0) is 31.6 Å². The predicted octanol–water partition coefficient (Wildman–Crippen LogP) is 1.95. The molecule has 1 heterocycles. The van der Waals surface area contributed by atoms with E-state index in [9.17, 15) is 0 Å². The Kier molecular flexibility index (Phi) is 5.58. The molecule has 3 heteroatoms. The van der Waals surface area contributed by atoms with Crippen molar-refractivity contribution in [3.63, 3.8) is 0 Å². The highest BCUT2D eigenvalue weighted by Gasteiger charge is 2.27. The Bertz CT molecular complexity index is 165. The second-order valence-electron chi connectivity index (χ2n) is 5.02. The molecule has 3 nitrogen and oxygen atoms in total. The van der Waals surface area contributed by atoms with Crippen molar-refractivity contribution in [1.29, 1.82) is 0 Å². The molecule has 1 aliphatic rings. The summed E-state index contributed by atoms with van der Waals surface area (Å²) in [7, 11) is 0. The van der Waals surface area contributed by atoms with Crippen molar-refractivity contribution in [1.82, 2.24) is 0 Å². The summed E-state index contributed by atoms with van der Waals surface area (Å²) in [4.78, 5) is 0. The molecule has 0 aliphatic carbocycles. The van der Waals surface area contributed by atoms with E-state index in [-0.39, 0.29) is 5.54 Å². The molecule has 0 aromatic rings. The smallest absolute Gasteiger partial charge is 0.0483 e. The summed E-state index contributed by atoms with van der Waals surface area (Å²) < 4.78 is 10.9. The zero-order chi connectivity index (χ0) is 11.1. The SMILES string of the molecule is CC(C)CCOCCC1(N)CCOCC1. The van der Waals surface area contributed by atoms with Gasteiger partial charge in [0.15, 0.2) is 0 Å². The molecule has 1 rings (SSSR count). The van der Waals surface area contributed by atoms with Crippen molar-refractivity contribution >= 4 is 0 Å². The van der Waals surface area contributed by atoms with Crippen LogP contribution in [0.4, 0.5) is 0 Å². The van der Waals surface area contributed by atoms with Gasteiger partial charge in [-0.25, -0.2) is 0 Å². The lowest BCUT2D eigenvalue weighted by Gasteiger charge is -2.33. The third-order valence-electron chi connectivity index (χ3n) is 3.07. The van der Waals surface area contributed by atoms with Gasteiger partial charge in [0.05, 0.1) is 0 Å². The number of ether oxygens (including phenoxy) is 2. The van der Waals surface area contributed by atoms with Gasteiger partial charge < -0.3 is 15.2 Å². The topological polar surface area (TPSA) is 44.5 Å². The average molecular weight is 215 g/mol. The molecular formula is C12H25NO2. The molecule has 1 fully saturated rings. The van der Waals surface area contributed by atoms with Gasteiger partial charge in [-0.1, -0.05) is 13.8 Å². The maximum absolute atomic E-state index is 6.24. The van der Waals surface area contributed by atoms with Crippen molar-refractivity contribution in [3.8, 4) is 0 Å². The molecule has 15 heavy (non-hydrogen) atoms. The lowest BCUT2D eigenvalue weighted by molar-refractivity contribution is 0.0324. The summed E-state index contributed by atoms with van der Waals surface area (Å²) in [6, 6.07) is 0. The van der Waals surface area contributed by atoms with Crippen molar-refractivity contribution in [2.75, 3.05) is 26.4 Å². The zero-order valence-electron chi connectivity index (χ0n) is 10.1. The second kappa shape index (κ2) is 6.46. The van der Waals surface area contributed by atoms with E-state index < -0.39 is 0 Å². The van der Waals surface area contributed by atoms with Gasteiger partial charge >= 0.3 is 0 Å². The van der Waals surface area contributed by atoms with Crippen LogP contribution in [0, 0.1) is 5.92 Å². The van der Waals surface area contributed by atoms with Gasteiger partial charge in [-0.2, -0.15) is 0 Å². The Morgan fingerprint density at radius 2 is 1.93 bits per heavy atom. The minimum atomic E-state index is -0.0317. The van der Waals surface area contributed by atoms with Crippen LogP contribution in [0.25, 0.3) is 0 Å². The van der Waals surface area contributed by atoms with Gasteiger partial charge in [0.25, 0.3) is 0 Å². The standard InChI is InChI=1S/C12H25NO2/c1-11(2)3-7-14-8-4-12(13)5-9-15-10-6-12/h11H,3-10,13H2,1-2H3.